The summed E-state index contributed by atoms with van der Waals surface area (Å²) in [6.45, 7) is 1.60. The maximum absolute atomic E-state index is 12.3. The Morgan fingerprint density at radius 2 is 1.76 bits per heavy atom. The highest BCUT2D eigenvalue weighted by molar-refractivity contribution is 8.01. The molecule has 172 valence electrons. The van der Waals surface area contributed by atoms with Crippen LogP contribution in [0.25, 0.3) is 0 Å². The lowest BCUT2D eigenvalue weighted by molar-refractivity contribution is -0.385. The fourth-order valence-electron chi connectivity index (χ4n) is 2.94. The largest absolute Gasteiger partial charge is 0.457 e. The van der Waals surface area contributed by atoms with Gasteiger partial charge >= 0.3 is 0 Å². The number of anilines is 3. The molecule has 0 aliphatic rings. The summed E-state index contributed by atoms with van der Waals surface area (Å²) in [5.41, 5.74) is 1.62. The van der Waals surface area contributed by atoms with E-state index in [2.05, 4.69) is 20.8 Å². The molecule has 1 heterocycles. The van der Waals surface area contributed by atoms with Crippen molar-refractivity contribution in [3.63, 3.8) is 0 Å². The van der Waals surface area contributed by atoms with E-state index in [0.717, 1.165) is 17.2 Å². The van der Waals surface area contributed by atoms with E-state index < -0.39 is 4.92 Å². The lowest BCUT2D eigenvalue weighted by Crippen LogP contribution is -2.15. The van der Waals surface area contributed by atoms with Gasteiger partial charge in [-0.05, 0) is 49.4 Å². The Balaban J connectivity index is 1.29. The van der Waals surface area contributed by atoms with Crippen molar-refractivity contribution in [2.24, 2.45) is 0 Å². The molecule has 4 rings (SSSR count). The Kier molecular flexibility index (Phi) is 7.35. The van der Waals surface area contributed by atoms with Crippen molar-refractivity contribution in [1.82, 2.24) is 10.2 Å². The Morgan fingerprint density at radius 1 is 1.03 bits per heavy atom. The van der Waals surface area contributed by atoms with Crippen molar-refractivity contribution in [3.05, 3.63) is 88.5 Å². The SMILES string of the molecule is Cc1c(NC(=O)CSc2nnc(Nc3ccc(Oc4ccccc4)cc3)s2)cccc1[N+](=O)[O-]. The number of para-hydroxylation sites is 1. The second-order valence-corrected chi connectivity index (χ2v) is 9.18. The first-order chi connectivity index (χ1) is 16.5. The molecular formula is C23H19N5O4S2. The van der Waals surface area contributed by atoms with Gasteiger partial charge in [-0.3, -0.25) is 14.9 Å². The number of carbonyl (C=O) groups excluding carboxylic acids is 1. The van der Waals surface area contributed by atoms with Crippen molar-refractivity contribution in [2.75, 3.05) is 16.4 Å². The lowest BCUT2D eigenvalue weighted by Gasteiger charge is -2.07. The predicted molar refractivity (Wildman–Crippen MR) is 133 cm³/mol. The average molecular weight is 494 g/mol. The Hall–Kier alpha value is -3.96. The summed E-state index contributed by atoms with van der Waals surface area (Å²) >= 11 is 2.56. The predicted octanol–water partition coefficient (Wildman–Crippen LogP) is 6.02. The second-order valence-electron chi connectivity index (χ2n) is 6.98. The Bertz CT molecular complexity index is 1300. The molecule has 0 unspecified atom stereocenters. The van der Waals surface area contributed by atoms with Crippen LogP contribution in [0, 0.1) is 17.0 Å². The van der Waals surface area contributed by atoms with Crippen LogP contribution in [-0.4, -0.2) is 26.8 Å². The summed E-state index contributed by atoms with van der Waals surface area (Å²) in [6, 6.07) is 21.6. The van der Waals surface area contributed by atoms with Crippen molar-refractivity contribution >= 4 is 51.2 Å². The summed E-state index contributed by atoms with van der Waals surface area (Å²) in [5.74, 6) is 1.30. The van der Waals surface area contributed by atoms with Crippen LogP contribution < -0.4 is 15.4 Å². The molecule has 9 nitrogen and oxygen atoms in total. The molecule has 0 fully saturated rings. The number of rotatable bonds is 9. The van der Waals surface area contributed by atoms with E-state index in [-0.39, 0.29) is 17.3 Å². The van der Waals surface area contributed by atoms with Gasteiger partial charge in [0.2, 0.25) is 11.0 Å². The number of carbonyl (C=O) groups is 1. The third-order valence-electron chi connectivity index (χ3n) is 4.59. The monoisotopic (exact) mass is 493 g/mol. The first-order valence-electron chi connectivity index (χ1n) is 10.1. The molecule has 0 aliphatic heterocycles. The van der Waals surface area contributed by atoms with Crippen LogP contribution in [0.2, 0.25) is 0 Å². The maximum Gasteiger partial charge on any atom is 0.274 e. The minimum absolute atomic E-state index is 0.0371. The molecule has 0 bridgehead atoms. The molecule has 1 aromatic heterocycles. The van der Waals surface area contributed by atoms with Crippen LogP contribution in [0.15, 0.2) is 77.1 Å². The van der Waals surface area contributed by atoms with Crippen molar-refractivity contribution in [2.45, 2.75) is 11.3 Å². The van der Waals surface area contributed by atoms with Crippen LogP contribution >= 0.6 is 23.1 Å². The minimum atomic E-state index is -0.473. The van der Waals surface area contributed by atoms with Gasteiger partial charge in [0.1, 0.15) is 11.5 Å². The van der Waals surface area contributed by atoms with Crippen LogP contribution in [0.3, 0.4) is 0 Å². The van der Waals surface area contributed by atoms with Gasteiger partial charge in [0.25, 0.3) is 5.69 Å². The number of nitrogens with zero attached hydrogens (tertiary/aromatic N) is 3. The Labute approximate surface area is 203 Å². The van der Waals surface area contributed by atoms with Gasteiger partial charge < -0.3 is 15.4 Å². The molecule has 2 N–H and O–H groups in total. The molecule has 0 aliphatic carbocycles. The third kappa shape index (κ3) is 6.09. The normalized spacial score (nSPS) is 10.5. The number of hydrogen-bond donors (Lipinski definition) is 2. The fourth-order valence-corrected chi connectivity index (χ4v) is 4.52. The number of benzene rings is 3. The third-order valence-corrected chi connectivity index (χ3v) is 6.57. The molecule has 0 atom stereocenters. The second kappa shape index (κ2) is 10.8. The highest BCUT2D eigenvalue weighted by Gasteiger charge is 2.15. The van der Waals surface area contributed by atoms with E-state index in [1.54, 1.807) is 13.0 Å². The van der Waals surface area contributed by atoms with E-state index in [4.69, 9.17) is 4.74 Å². The van der Waals surface area contributed by atoms with E-state index in [1.807, 2.05) is 54.6 Å². The smallest absolute Gasteiger partial charge is 0.274 e. The van der Waals surface area contributed by atoms with Crippen LogP contribution in [0.1, 0.15) is 5.56 Å². The number of nitrogens with one attached hydrogen (secondary N) is 2. The molecule has 0 radical (unpaired) electrons. The topological polar surface area (TPSA) is 119 Å². The molecule has 1 amide bonds. The summed E-state index contributed by atoms with van der Waals surface area (Å²) in [6.07, 6.45) is 0. The number of nitro groups is 1. The zero-order valence-electron chi connectivity index (χ0n) is 17.9. The standard InChI is InChI=1S/C23H19N5O4S2/c1-15-19(8-5-9-20(15)28(30)31)25-21(29)14-33-23-27-26-22(34-23)24-16-10-12-18(13-11-16)32-17-6-3-2-4-7-17/h2-13H,14H2,1H3,(H,24,26)(H,25,29). The number of nitro benzene ring substituents is 1. The summed E-state index contributed by atoms with van der Waals surface area (Å²) in [7, 11) is 0. The van der Waals surface area contributed by atoms with Gasteiger partial charge in [-0.2, -0.15) is 0 Å². The summed E-state index contributed by atoms with van der Waals surface area (Å²) in [5, 5.41) is 25.7. The fraction of sp³-hybridized carbons (Fsp3) is 0.0870. The lowest BCUT2D eigenvalue weighted by atomic mass is 10.1. The van der Waals surface area contributed by atoms with E-state index >= 15 is 0 Å². The van der Waals surface area contributed by atoms with Crippen molar-refractivity contribution in [3.8, 4) is 11.5 Å². The number of aromatic nitrogens is 2. The number of hydrogen-bond acceptors (Lipinski definition) is 9. The van der Waals surface area contributed by atoms with E-state index in [9.17, 15) is 14.9 Å². The number of ether oxygens (including phenoxy) is 1. The highest BCUT2D eigenvalue weighted by Crippen LogP contribution is 2.30. The molecule has 0 spiro atoms. The zero-order valence-corrected chi connectivity index (χ0v) is 19.6. The first kappa shape index (κ1) is 23.2. The average Bonchev–Trinajstić information content (AvgIpc) is 3.28. The molecule has 34 heavy (non-hydrogen) atoms. The highest BCUT2D eigenvalue weighted by atomic mass is 32.2. The van der Waals surface area contributed by atoms with Crippen LogP contribution in [0.5, 0.6) is 11.5 Å². The Morgan fingerprint density at radius 3 is 2.50 bits per heavy atom. The number of amides is 1. The van der Waals surface area contributed by atoms with Gasteiger partial charge in [0, 0.05) is 11.8 Å². The first-order valence-corrected chi connectivity index (χ1v) is 11.9. The van der Waals surface area contributed by atoms with Gasteiger partial charge in [-0.15, -0.1) is 10.2 Å². The molecule has 0 saturated heterocycles. The number of thioether (sulfide) groups is 1. The quantitative estimate of drug-likeness (QED) is 0.165. The van der Waals surface area contributed by atoms with Crippen molar-refractivity contribution in [1.29, 1.82) is 0 Å². The van der Waals surface area contributed by atoms with Gasteiger partial charge in [-0.1, -0.05) is 47.4 Å². The maximum atomic E-state index is 12.3. The van der Waals surface area contributed by atoms with Crippen molar-refractivity contribution < 1.29 is 14.5 Å². The molecular weight excluding hydrogens is 474 g/mol. The molecule has 11 heteroatoms. The zero-order chi connectivity index (χ0) is 23.9. The summed E-state index contributed by atoms with van der Waals surface area (Å²) in [4.78, 5) is 22.9. The van der Waals surface area contributed by atoms with Crippen LogP contribution in [-0.2, 0) is 4.79 Å². The van der Waals surface area contributed by atoms with Gasteiger partial charge in [0.15, 0.2) is 4.34 Å². The van der Waals surface area contributed by atoms with Gasteiger partial charge in [-0.25, -0.2) is 0 Å². The van der Waals surface area contributed by atoms with E-state index in [0.29, 0.717) is 20.7 Å². The molecule has 4 aromatic rings. The van der Waals surface area contributed by atoms with E-state index in [1.165, 1.54) is 35.2 Å². The minimum Gasteiger partial charge on any atom is -0.457 e. The molecule has 3 aromatic carbocycles. The summed E-state index contributed by atoms with van der Waals surface area (Å²) < 4.78 is 6.41. The molecule has 0 saturated carbocycles. The van der Waals surface area contributed by atoms with Gasteiger partial charge in [0.05, 0.1) is 21.9 Å². The van der Waals surface area contributed by atoms with Crippen LogP contribution in [0.4, 0.5) is 22.2 Å².